The van der Waals surface area contributed by atoms with Crippen molar-refractivity contribution >= 4 is 23.5 Å². The van der Waals surface area contributed by atoms with Crippen molar-refractivity contribution in [1.82, 2.24) is 9.88 Å². The summed E-state index contributed by atoms with van der Waals surface area (Å²) in [6, 6.07) is 6.97. The van der Waals surface area contributed by atoms with Crippen molar-refractivity contribution < 1.29 is 27.5 Å². The zero-order valence-electron chi connectivity index (χ0n) is 14.2. The first kappa shape index (κ1) is 19.1. The molecule has 1 aliphatic heterocycles. The van der Waals surface area contributed by atoms with Crippen LogP contribution in [0.15, 0.2) is 42.6 Å². The number of carbonyl (C=O) groups is 2. The number of nitrogen functional groups attached to an aromatic ring is 1. The number of carbonyl (C=O) groups excluding carboxylic acids is 2. The van der Waals surface area contributed by atoms with Crippen molar-refractivity contribution in [2.75, 3.05) is 11.4 Å². The highest BCUT2D eigenvalue weighted by molar-refractivity contribution is 6.19. The highest BCUT2D eigenvalue weighted by Crippen LogP contribution is 2.28. The van der Waals surface area contributed by atoms with E-state index in [9.17, 15) is 22.8 Å². The maximum atomic E-state index is 12.6. The number of imide groups is 1. The molecule has 1 aromatic carbocycles. The number of nitrogens with two attached hydrogens (primary N) is 1. The van der Waals surface area contributed by atoms with Crippen molar-refractivity contribution in [2.45, 2.75) is 12.9 Å². The van der Waals surface area contributed by atoms with Gasteiger partial charge >= 0.3 is 12.4 Å². The van der Waals surface area contributed by atoms with Crippen LogP contribution in [0.3, 0.4) is 0 Å². The van der Waals surface area contributed by atoms with E-state index in [0.29, 0.717) is 5.56 Å². The minimum Gasteiger partial charge on any atom is -0.406 e. The number of hydrogen-bond donors (Lipinski definition) is 2. The van der Waals surface area contributed by atoms with E-state index in [-0.39, 0.29) is 30.3 Å². The molecule has 8 nitrogen and oxygen atoms in total. The third kappa shape index (κ3) is 4.19. The molecule has 0 atom stereocenters. The number of nitrogens with zero attached hydrogens (tertiary/aromatic N) is 3. The van der Waals surface area contributed by atoms with Crippen molar-refractivity contribution in [3.05, 3.63) is 53.9 Å². The number of amides is 3. The Morgan fingerprint density at radius 1 is 1.21 bits per heavy atom. The zero-order valence-corrected chi connectivity index (χ0v) is 14.2. The Kier molecular flexibility index (Phi) is 4.91. The van der Waals surface area contributed by atoms with Crippen LogP contribution in [0, 0.1) is 5.41 Å². The molecular formula is C17H14F3N5O3. The van der Waals surface area contributed by atoms with E-state index < -0.39 is 24.1 Å². The first-order valence-electron chi connectivity index (χ1n) is 7.91. The third-order valence-electron chi connectivity index (χ3n) is 3.84. The van der Waals surface area contributed by atoms with E-state index in [4.69, 9.17) is 11.1 Å². The van der Waals surface area contributed by atoms with Crippen molar-refractivity contribution in [2.24, 2.45) is 5.73 Å². The molecule has 0 saturated carbocycles. The molecule has 0 unspecified atom stereocenters. The Bertz CT molecular complexity index is 930. The molecule has 1 saturated heterocycles. The molecule has 0 radical (unpaired) electrons. The van der Waals surface area contributed by atoms with Crippen LogP contribution < -0.4 is 15.4 Å². The number of aromatic nitrogens is 1. The lowest BCUT2D eigenvalue weighted by Gasteiger charge is -2.18. The molecule has 0 bridgehead atoms. The lowest BCUT2D eigenvalue weighted by Crippen LogP contribution is -2.32. The van der Waals surface area contributed by atoms with Gasteiger partial charge in [0.25, 0.3) is 5.91 Å². The summed E-state index contributed by atoms with van der Waals surface area (Å²) in [7, 11) is 0. The van der Waals surface area contributed by atoms with Crippen LogP contribution in [-0.2, 0) is 11.3 Å². The largest absolute Gasteiger partial charge is 0.573 e. The normalized spacial score (nSPS) is 14.5. The summed E-state index contributed by atoms with van der Waals surface area (Å²) >= 11 is 0. The van der Waals surface area contributed by atoms with Gasteiger partial charge in [0.2, 0.25) is 0 Å². The van der Waals surface area contributed by atoms with Gasteiger partial charge in [0, 0.05) is 12.7 Å². The fraction of sp³-hybridized carbons (Fsp3) is 0.176. The molecule has 0 spiro atoms. The molecule has 1 aliphatic rings. The predicted octanol–water partition coefficient (Wildman–Crippen LogP) is 2.23. The van der Waals surface area contributed by atoms with Gasteiger partial charge in [-0.1, -0.05) is 0 Å². The van der Waals surface area contributed by atoms with E-state index in [1.807, 2.05) is 0 Å². The summed E-state index contributed by atoms with van der Waals surface area (Å²) < 4.78 is 40.5. The summed E-state index contributed by atoms with van der Waals surface area (Å²) in [6.07, 6.45) is -3.40. The average Bonchev–Trinajstić information content (AvgIpc) is 2.88. The van der Waals surface area contributed by atoms with Gasteiger partial charge in [-0.05, 0) is 42.0 Å². The summed E-state index contributed by atoms with van der Waals surface area (Å²) in [5, 5.41) is 7.40. The Morgan fingerprint density at radius 3 is 2.50 bits per heavy atom. The molecule has 3 rings (SSSR count). The van der Waals surface area contributed by atoms with Crippen LogP contribution in [0.1, 0.15) is 11.3 Å². The second-order valence-corrected chi connectivity index (χ2v) is 5.87. The number of amidine groups is 1. The van der Waals surface area contributed by atoms with Gasteiger partial charge in [-0.2, -0.15) is 0 Å². The third-order valence-corrected chi connectivity index (χ3v) is 3.84. The number of anilines is 1. The molecule has 1 aromatic heterocycles. The standard InChI is InChI=1S/C17H14F3N5O3/c18-17(19,20)28-12-3-1-11(2-4-12)25-14(26)9-24(16(25)27)8-10-5-6-23-13(7-10)15(21)22/h1-7H,8-9H2,(H3,21,22). The second-order valence-electron chi connectivity index (χ2n) is 5.87. The molecule has 3 N–H and O–H groups in total. The Labute approximate surface area is 156 Å². The molecule has 28 heavy (non-hydrogen) atoms. The van der Waals surface area contributed by atoms with E-state index in [1.165, 1.54) is 29.3 Å². The quantitative estimate of drug-likeness (QED) is 0.460. The molecule has 2 aromatic rings. The maximum Gasteiger partial charge on any atom is 0.573 e. The smallest absolute Gasteiger partial charge is 0.406 e. The summed E-state index contributed by atoms with van der Waals surface area (Å²) in [5.41, 5.74) is 6.38. The lowest BCUT2D eigenvalue weighted by molar-refractivity contribution is -0.274. The first-order valence-corrected chi connectivity index (χ1v) is 7.91. The predicted molar refractivity (Wildman–Crippen MR) is 91.7 cm³/mol. The SMILES string of the molecule is N=C(N)c1cc(CN2CC(=O)N(c3ccc(OC(F)(F)F)cc3)C2=O)ccn1. The van der Waals surface area contributed by atoms with Crippen LogP contribution in [0.4, 0.5) is 23.7 Å². The van der Waals surface area contributed by atoms with Gasteiger partial charge in [0.1, 0.15) is 23.8 Å². The summed E-state index contributed by atoms with van der Waals surface area (Å²) in [6.45, 7) is -0.115. The molecule has 11 heteroatoms. The molecule has 2 heterocycles. The number of rotatable bonds is 5. The topological polar surface area (TPSA) is 113 Å². The average molecular weight is 393 g/mol. The van der Waals surface area contributed by atoms with Gasteiger partial charge in [0.15, 0.2) is 0 Å². The fourth-order valence-electron chi connectivity index (χ4n) is 2.66. The monoisotopic (exact) mass is 393 g/mol. The van der Waals surface area contributed by atoms with E-state index in [0.717, 1.165) is 17.0 Å². The van der Waals surface area contributed by atoms with Crippen LogP contribution >= 0.6 is 0 Å². The number of pyridine rings is 1. The van der Waals surface area contributed by atoms with Crippen LogP contribution in [0.2, 0.25) is 0 Å². The van der Waals surface area contributed by atoms with E-state index >= 15 is 0 Å². The number of nitrogens with one attached hydrogen (secondary N) is 1. The number of alkyl halides is 3. The fourth-order valence-corrected chi connectivity index (χ4v) is 2.66. The summed E-state index contributed by atoms with van der Waals surface area (Å²) in [4.78, 5) is 30.9. The number of ether oxygens (including phenoxy) is 1. The van der Waals surface area contributed by atoms with Crippen LogP contribution in [0.5, 0.6) is 5.75 Å². The number of hydrogen-bond acceptors (Lipinski definition) is 5. The zero-order chi connectivity index (χ0) is 20.5. The number of halogens is 3. The number of urea groups is 1. The van der Waals surface area contributed by atoms with Gasteiger partial charge in [-0.3, -0.25) is 15.2 Å². The maximum absolute atomic E-state index is 12.6. The minimum absolute atomic E-state index is 0.0825. The Morgan fingerprint density at radius 2 is 1.89 bits per heavy atom. The van der Waals surface area contributed by atoms with Crippen molar-refractivity contribution in [3.8, 4) is 5.75 Å². The highest BCUT2D eigenvalue weighted by Gasteiger charge is 2.37. The molecule has 146 valence electrons. The van der Waals surface area contributed by atoms with Crippen molar-refractivity contribution in [3.63, 3.8) is 0 Å². The minimum atomic E-state index is -4.83. The van der Waals surface area contributed by atoms with E-state index in [2.05, 4.69) is 9.72 Å². The van der Waals surface area contributed by atoms with Gasteiger partial charge in [-0.25, -0.2) is 9.69 Å². The molecule has 1 fully saturated rings. The van der Waals surface area contributed by atoms with Crippen molar-refractivity contribution in [1.29, 1.82) is 5.41 Å². The Balaban J connectivity index is 1.75. The first-order chi connectivity index (χ1) is 13.1. The lowest BCUT2D eigenvalue weighted by atomic mass is 10.2. The van der Waals surface area contributed by atoms with Gasteiger partial charge in [-0.15, -0.1) is 13.2 Å². The van der Waals surface area contributed by atoms with Gasteiger partial charge < -0.3 is 15.4 Å². The molecule has 0 aliphatic carbocycles. The Hall–Kier alpha value is -3.63. The summed E-state index contributed by atoms with van der Waals surface area (Å²) in [5.74, 6) is -1.20. The number of benzene rings is 1. The van der Waals surface area contributed by atoms with Crippen LogP contribution in [-0.4, -0.2) is 40.6 Å². The molecule has 3 amide bonds. The van der Waals surface area contributed by atoms with E-state index in [1.54, 1.807) is 6.07 Å². The van der Waals surface area contributed by atoms with Gasteiger partial charge in [0.05, 0.1) is 5.69 Å². The molecular weight excluding hydrogens is 379 g/mol. The second kappa shape index (κ2) is 7.18. The highest BCUT2D eigenvalue weighted by atomic mass is 19.4. The van der Waals surface area contributed by atoms with Crippen LogP contribution in [0.25, 0.3) is 0 Å².